The number of nitrogens with one attached hydrogen (secondary N) is 1. The van der Waals surface area contributed by atoms with Crippen molar-refractivity contribution in [2.45, 2.75) is 25.1 Å². The van der Waals surface area contributed by atoms with Gasteiger partial charge >= 0.3 is 12.3 Å². The molecule has 1 aliphatic rings. The summed E-state index contributed by atoms with van der Waals surface area (Å²) >= 11 is 0. The number of likely N-dealkylation sites (N-methyl/N-ethyl adjacent to an activating group) is 1. The normalized spacial score (nSPS) is 22.9. The van der Waals surface area contributed by atoms with Gasteiger partial charge in [0.2, 0.25) is 0 Å². The number of halogens is 3. The fourth-order valence-corrected chi connectivity index (χ4v) is 1.64. The Morgan fingerprint density at radius 1 is 1.56 bits per heavy atom. The molecule has 1 atom stereocenters. The molecule has 1 heterocycles. The third-order valence-corrected chi connectivity index (χ3v) is 2.31. The summed E-state index contributed by atoms with van der Waals surface area (Å²) in [5.41, 5.74) is 0. The molecule has 1 rings (SSSR count). The maximum Gasteiger partial charge on any atom is 0.422 e. The molecule has 0 aliphatic carbocycles. The second kappa shape index (κ2) is 5.38. The van der Waals surface area contributed by atoms with Crippen LogP contribution in [0.4, 0.5) is 18.0 Å². The zero-order valence-corrected chi connectivity index (χ0v) is 9.01. The van der Waals surface area contributed by atoms with Gasteiger partial charge in [-0.3, -0.25) is 0 Å². The highest BCUT2D eigenvalue weighted by Crippen LogP contribution is 2.14. The van der Waals surface area contributed by atoms with Gasteiger partial charge in [0.05, 0.1) is 0 Å². The van der Waals surface area contributed by atoms with Gasteiger partial charge in [0, 0.05) is 12.6 Å². The number of nitrogens with zero attached hydrogens (tertiary/aromatic N) is 1. The quantitative estimate of drug-likeness (QED) is 0.792. The molecule has 4 nitrogen and oxygen atoms in total. The number of hydrogen-bond acceptors (Lipinski definition) is 3. The van der Waals surface area contributed by atoms with Crippen molar-refractivity contribution in [3.8, 4) is 0 Å². The fraction of sp³-hybridized carbons (Fsp3) is 0.889. The van der Waals surface area contributed by atoms with Gasteiger partial charge in [-0.15, -0.1) is 0 Å². The smallest absolute Gasteiger partial charge is 0.422 e. The molecule has 0 bridgehead atoms. The predicted octanol–water partition coefficient (Wildman–Crippen LogP) is 1.37. The van der Waals surface area contributed by atoms with Crippen molar-refractivity contribution in [1.82, 2.24) is 10.2 Å². The summed E-state index contributed by atoms with van der Waals surface area (Å²) in [7, 11) is 1.90. The molecule has 7 heteroatoms. The number of alkyl carbamates (subject to hydrolysis) is 1. The van der Waals surface area contributed by atoms with E-state index < -0.39 is 18.9 Å². The Labute approximate surface area is 91.7 Å². The van der Waals surface area contributed by atoms with Crippen molar-refractivity contribution >= 4 is 6.09 Å². The summed E-state index contributed by atoms with van der Waals surface area (Å²) in [4.78, 5) is 13.0. The average Bonchev–Trinajstić information content (AvgIpc) is 2.14. The Kier molecular flexibility index (Phi) is 4.40. The SMILES string of the molecule is CN1CCCC(NC(=O)OCC(F)(F)F)C1. The van der Waals surface area contributed by atoms with E-state index in [9.17, 15) is 18.0 Å². The summed E-state index contributed by atoms with van der Waals surface area (Å²) in [6.07, 6.45) is -3.79. The van der Waals surface area contributed by atoms with Crippen molar-refractivity contribution in [1.29, 1.82) is 0 Å². The molecule has 1 amide bonds. The van der Waals surface area contributed by atoms with Crippen LogP contribution in [0.25, 0.3) is 0 Å². The van der Waals surface area contributed by atoms with Crippen LogP contribution in [0.1, 0.15) is 12.8 Å². The Morgan fingerprint density at radius 3 is 2.81 bits per heavy atom. The summed E-state index contributed by atoms with van der Waals surface area (Å²) in [5, 5.41) is 2.42. The van der Waals surface area contributed by atoms with E-state index in [0.717, 1.165) is 19.4 Å². The molecule has 94 valence electrons. The third kappa shape index (κ3) is 5.20. The van der Waals surface area contributed by atoms with Crippen LogP contribution in [-0.2, 0) is 4.74 Å². The predicted molar refractivity (Wildman–Crippen MR) is 51.1 cm³/mol. The highest BCUT2D eigenvalue weighted by atomic mass is 19.4. The van der Waals surface area contributed by atoms with E-state index in [0.29, 0.717) is 6.54 Å². The van der Waals surface area contributed by atoms with Gasteiger partial charge in [0.1, 0.15) is 0 Å². The molecule has 1 unspecified atom stereocenters. The van der Waals surface area contributed by atoms with Crippen molar-refractivity contribution in [2.24, 2.45) is 0 Å². The molecular weight excluding hydrogens is 225 g/mol. The molecule has 0 aromatic rings. The highest BCUT2D eigenvalue weighted by molar-refractivity contribution is 5.67. The standard InChI is InChI=1S/C9H15F3N2O2/c1-14-4-2-3-7(5-14)13-8(15)16-6-9(10,11)12/h7H,2-6H2,1H3,(H,13,15). The van der Waals surface area contributed by atoms with Crippen LogP contribution < -0.4 is 5.32 Å². The number of alkyl halides is 3. The minimum atomic E-state index is -4.47. The summed E-state index contributed by atoms with van der Waals surface area (Å²) in [6, 6.07) is -0.125. The molecule has 1 fully saturated rings. The first-order valence-electron chi connectivity index (χ1n) is 5.05. The molecule has 0 aromatic carbocycles. The van der Waals surface area contributed by atoms with Gasteiger partial charge in [-0.2, -0.15) is 13.2 Å². The fourth-order valence-electron chi connectivity index (χ4n) is 1.64. The molecule has 1 aliphatic heterocycles. The van der Waals surface area contributed by atoms with Crippen LogP contribution in [0.5, 0.6) is 0 Å². The lowest BCUT2D eigenvalue weighted by Gasteiger charge is -2.29. The van der Waals surface area contributed by atoms with Gasteiger partial charge in [-0.1, -0.05) is 0 Å². The Hall–Kier alpha value is -0.980. The Bertz CT molecular complexity index is 245. The van der Waals surface area contributed by atoms with Gasteiger partial charge in [-0.05, 0) is 26.4 Å². The van der Waals surface area contributed by atoms with Crippen LogP contribution in [-0.4, -0.2) is 50.0 Å². The second-order valence-corrected chi connectivity index (χ2v) is 3.94. The topological polar surface area (TPSA) is 41.6 Å². The maximum absolute atomic E-state index is 11.7. The number of ether oxygens (including phenoxy) is 1. The summed E-state index contributed by atoms with van der Waals surface area (Å²) < 4.78 is 39.3. The van der Waals surface area contributed by atoms with E-state index in [1.54, 1.807) is 0 Å². The van der Waals surface area contributed by atoms with E-state index in [-0.39, 0.29) is 6.04 Å². The first-order chi connectivity index (χ1) is 7.37. The van der Waals surface area contributed by atoms with Crippen molar-refractivity contribution in [3.05, 3.63) is 0 Å². The molecule has 1 N–H and O–H groups in total. The lowest BCUT2D eigenvalue weighted by molar-refractivity contribution is -0.160. The lowest BCUT2D eigenvalue weighted by atomic mass is 10.1. The van der Waals surface area contributed by atoms with Crippen LogP contribution in [0.15, 0.2) is 0 Å². The Balaban J connectivity index is 2.23. The largest absolute Gasteiger partial charge is 0.440 e. The molecule has 0 radical (unpaired) electrons. The van der Waals surface area contributed by atoms with E-state index in [2.05, 4.69) is 10.1 Å². The molecular formula is C9H15F3N2O2. The molecule has 0 spiro atoms. The maximum atomic E-state index is 11.7. The lowest BCUT2D eigenvalue weighted by Crippen LogP contribution is -2.46. The number of hydrogen-bond donors (Lipinski definition) is 1. The minimum Gasteiger partial charge on any atom is -0.440 e. The zero-order chi connectivity index (χ0) is 12.2. The van der Waals surface area contributed by atoms with Gasteiger partial charge in [0.15, 0.2) is 6.61 Å². The van der Waals surface area contributed by atoms with Crippen LogP contribution >= 0.6 is 0 Å². The first-order valence-corrected chi connectivity index (χ1v) is 5.05. The summed E-state index contributed by atoms with van der Waals surface area (Å²) in [6.45, 7) is 0.0400. The van der Waals surface area contributed by atoms with Gasteiger partial charge in [0.25, 0.3) is 0 Å². The number of rotatable bonds is 2. The monoisotopic (exact) mass is 240 g/mol. The van der Waals surface area contributed by atoms with Crippen LogP contribution in [0.3, 0.4) is 0 Å². The number of amides is 1. The van der Waals surface area contributed by atoms with Gasteiger partial charge < -0.3 is 15.0 Å². The first kappa shape index (κ1) is 13.1. The van der Waals surface area contributed by atoms with Crippen LogP contribution in [0, 0.1) is 0 Å². The zero-order valence-electron chi connectivity index (χ0n) is 9.01. The average molecular weight is 240 g/mol. The molecule has 1 saturated heterocycles. The van der Waals surface area contributed by atoms with Crippen molar-refractivity contribution in [2.75, 3.05) is 26.7 Å². The van der Waals surface area contributed by atoms with E-state index in [1.807, 2.05) is 11.9 Å². The number of piperidine rings is 1. The number of carbonyl (C=O) groups is 1. The van der Waals surface area contributed by atoms with Crippen molar-refractivity contribution < 1.29 is 22.7 Å². The molecule has 0 aromatic heterocycles. The van der Waals surface area contributed by atoms with Gasteiger partial charge in [-0.25, -0.2) is 4.79 Å². The summed E-state index contributed by atoms with van der Waals surface area (Å²) in [5.74, 6) is 0. The second-order valence-electron chi connectivity index (χ2n) is 3.94. The van der Waals surface area contributed by atoms with E-state index >= 15 is 0 Å². The van der Waals surface area contributed by atoms with Crippen LogP contribution in [0.2, 0.25) is 0 Å². The van der Waals surface area contributed by atoms with Crippen molar-refractivity contribution in [3.63, 3.8) is 0 Å². The van der Waals surface area contributed by atoms with E-state index in [1.165, 1.54) is 0 Å². The van der Waals surface area contributed by atoms with E-state index in [4.69, 9.17) is 0 Å². The Morgan fingerprint density at radius 2 is 2.25 bits per heavy atom. The minimum absolute atomic E-state index is 0.125. The number of likely N-dealkylation sites (tertiary alicyclic amines) is 1. The number of carbonyl (C=O) groups excluding carboxylic acids is 1. The molecule has 0 saturated carbocycles. The molecule has 16 heavy (non-hydrogen) atoms. The third-order valence-electron chi connectivity index (χ3n) is 2.31. The highest BCUT2D eigenvalue weighted by Gasteiger charge is 2.30.